The quantitative estimate of drug-likeness (QED) is 0.224. The van der Waals surface area contributed by atoms with Crippen molar-refractivity contribution >= 4 is 10.8 Å². The van der Waals surface area contributed by atoms with Crippen molar-refractivity contribution in [1.29, 1.82) is 0 Å². The molecule has 5 aromatic carbocycles. The molecule has 0 unspecified atom stereocenters. The van der Waals surface area contributed by atoms with E-state index in [4.69, 9.17) is 19.9 Å². The minimum absolute atomic E-state index is 0.650. The summed E-state index contributed by atoms with van der Waals surface area (Å²) in [7, 11) is 0. The van der Waals surface area contributed by atoms with Crippen LogP contribution in [0.15, 0.2) is 140 Å². The molecule has 2 heterocycles. The molecular formula is C37H26N4. The third-order valence-electron chi connectivity index (χ3n) is 7.20. The Labute approximate surface area is 239 Å². The first kappa shape index (κ1) is 24.6. The van der Waals surface area contributed by atoms with E-state index in [-0.39, 0.29) is 0 Å². The zero-order chi connectivity index (χ0) is 27.6. The molecule has 4 nitrogen and oxygen atoms in total. The van der Waals surface area contributed by atoms with Crippen LogP contribution in [0.25, 0.3) is 67.3 Å². The summed E-state index contributed by atoms with van der Waals surface area (Å²) >= 11 is 0. The molecule has 194 valence electrons. The lowest BCUT2D eigenvalue weighted by atomic mass is 9.99. The molecule has 4 heteroatoms. The molecule has 0 aliphatic heterocycles. The summed E-state index contributed by atoms with van der Waals surface area (Å²) in [4.78, 5) is 19.4. The molecule has 7 rings (SSSR count). The maximum absolute atomic E-state index is 4.86. The smallest absolute Gasteiger partial charge is 0.164 e. The first-order valence-corrected chi connectivity index (χ1v) is 13.7. The minimum Gasteiger partial charge on any atom is -0.252 e. The van der Waals surface area contributed by atoms with E-state index in [0.29, 0.717) is 17.5 Å². The Bertz CT molecular complexity index is 1910. The fraction of sp³-hybridized carbons (Fsp3) is 0.0270. The molecule has 0 N–H and O–H groups in total. The van der Waals surface area contributed by atoms with Crippen molar-refractivity contribution in [2.24, 2.45) is 0 Å². The maximum atomic E-state index is 4.86. The molecule has 0 spiro atoms. The lowest BCUT2D eigenvalue weighted by molar-refractivity contribution is 1.07. The topological polar surface area (TPSA) is 51.6 Å². The molecule has 0 radical (unpaired) electrons. The largest absolute Gasteiger partial charge is 0.252 e. The highest BCUT2D eigenvalue weighted by Gasteiger charge is 2.13. The Kier molecular flexibility index (Phi) is 6.34. The maximum Gasteiger partial charge on any atom is 0.164 e. The lowest BCUT2D eigenvalue weighted by Crippen LogP contribution is -2.00. The summed E-state index contributed by atoms with van der Waals surface area (Å²) in [5, 5.41) is 2.37. The van der Waals surface area contributed by atoms with Gasteiger partial charge in [-0.15, -0.1) is 0 Å². The zero-order valence-corrected chi connectivity index (χ0v) is 22.6. The van der Waals surface area contributed by atoms with Crippen molar-refractivity contribution in [1.82, 2.24) is 19.9 Å². The molecule has 2 aromatic heterocycles. The van der Waals surface area contributed by atoms with Gasteiger partial charge in [0, 0.05) is 33.3 Å². The number of hydrogen-bond donors (Lipinski definition) is 0. The Balaban J connectivity index is 1.22. The summed E-state index contributed by atoms with van der Waals surface area (Å²) in [6, 6.07) is 47.7. The second-order valence-electron chi connectivity index (χ2n) is 10.0. The van der Waals surface area contributed by atoms with Crippen molar-refractivity contribution in [2.45, 2.75) is 6.92 Å². The second kappa shape index (κ2) is 10.6. The predicted molar refractivity (Wildman–Crippen MR) is 167 cm³/mol. The summed E-state index contributed by atoms with van der Waals surface area (Å²) in [6.07, 6.45) is 0. The molecule has 0 amide bonds. The Morgan fingerprint density at radius 2 is 0.780 bits per heavy atom. The van der Waals surface area contributed by atoms with Crippen LogP contribution >= 0.6 is 0 Å². The van der Waals surface area contributed by atoms with Crippen molar-refractivity contribution in [3.8, 4) is 56.5 Å². The van der Waals surface area contributed by atoms with Gasteiger partial charge in [-0.1, -0.05) is 133 Å². The van der Waals surface area contributed by atoms with Gasteiger partial charge < -0.3 is 0 Å². The van der Waals surface area contributed by atoms with E-state index in [2.05, 4.69) is 78.9 Å². The normalized spacial score (nSPS) is 11.0. The fourth-order valence-corrected chi connectivity index (χ4v) is 5.12. The van der Waals surface area contributed by atoms with Gasteiger partial charge in [-0.3, -0.25) is 4.98 Å². The summed E-state index contributed by atoms with van der Waals surface area (Å²) in [6.45, 7) is 2.05. The van der Waals surface area contributed by atoms with E-state index in [9.17, 15) is 0 Å². The van der Waals surface area contributed by atoms with Crippen molar-refractivity contribution in [2.75, 3.05) is 0 Å². The van der Waals surface area contributed by atoms with Gasteiger partial charge in [0.15, 0.2) is 17.5 Å². The molecule has 0 saturated heterocycles. The number of aromatic nitrogens is 4. The van der Waals surface area contributed by atoms with Crippen LogP contribution in [0.5, 0.6) is 0 Å². The first-order chi connectivity index (χ1) is 20.2. The van der Waals surface area contributed by atoms with E-state index in [0.717, 1.165) is 50.2 Å². The monoisotopic (exact) mass is 526 g/mol. The van der Waals surface area contributed by atoms with Crippen LogP contribution in [0.3, 0.4) is 0 Å². The van der Waals surface area contributed by atoms with Crippen molar-refractivity contribution in [3.05, 3.63) is 145 Å². The molecule has 0 aliphatic rings. The molecule has 0 saturated carbocycles. The average Bonchev–Trinajstić information content (AvgIpc) is 3.05. The number of benzene rings is 5. The van der Waals surface area contributed by atoms with Crippen LogP contribution in [0, 0.1) is 6.92 Å². The van der Waals surface area contributed by atoms with Gasteiger partial charge in [0.25, 0.3) is 0 Å². The number of rotatable bonds is 5. The van der Waals surface area contributed by atoms with Crippen molar-refractivity contribution in [3.63, 3.8) is 0 Å². The summed E-state index contributed by atoms with van der Waals surface area (Å²) in [5.41, 5.74) is 8.27. The van der Waals surface area contributed by atoms with Gasteiger partial charge in [-0.2, -0.15) is 0 Å². The molecule has 0 fully saturated rings. The van der Waals surface area contributed by atoms with Gasteiger partial charge in [-0.05, 0) is 29.5 Å². The van der Waals surface area contributed by atoms with Gasteiger partial charge in [-0.25, -0.2) is 15.0 Å². The van der Waals surface area contributed by atoms with E-state index in [1.165, 1.54) is 5.39 Å². The van der Waals surface area contributed by atoms with Crippen LogP contribution in [0.1, 0.15) is 5.69 Å². The minimum atomic E-state index is 0.650. The van der Waals surface area contributed by atoms with Gasteiger partial charge in [0.1, 0.15) is 0 Å². The molecule has 0 bridgehead atoms. The highest BCUT2D eigenvalue weighted by Crippen LogP contribution is 2.31. The lowest BCUT2D eigenvalue weighted by Gasteiger charge is -2.10. The van der Waals surface area contributed by atoms with E-state index in [1.807, 2.05) is 67.6 Å². The number of aryl methyl sites for hydroxylation is 1. The summed E-state index contributed by atoms with van der Waals surface area (Å²) in [5.74, 6) is 1.97. The predicted octanol–water partition coefficient (Wildman–Crippen LogP) is 9.06. The van der Waals surface area contributed by atoms with E-state index >= 15 is 0 Å². The number of pyridine rings is 1. The Morgan fingerprint density at radius 3 is 1.32 bits per heavy atom. The Morgan fingerprint density at radius 1 is 0.366 bits per heavy atom. The third-order valence-corrected chi connectivity index (χ3v) is 7.20. The van der Waals surface area contributed by atoms with Gasteiger partial charge in [0.05, 0.1) is 5.69 Å². The van der Waals surface area contributed by atoms with Gasteiger partial charge >= 0.3 is 0 Å². The fourth-order valence-electron chi connectivity index (χ4n) is 5.12. The summed E-state index contributed by atoms with van der Waals surface area (Å²) < 4.78 is 0. The van der Waals surface area contributed by atoms with Crippen molar-refractivity contribution < 1.29 is 0 Å². The van der Waals surface area contributed by atoms with Crippen LogP contribution in [-0.4, -0.2) is 19.9 Å². The highest BCUT2D eigenvalue weighted by atomic mass is 15.0. The van der Waals surface area contributed by atoms with Crippen LogP contribution < -0.4 is 0 Å². The molecule has 0 aliphatic carbocycles. The van der Waals surface area contributed by atoms with Crippen LogP contribution in [0.2, 0.25) is 0 Å². The molecular weight excluding hydrogens is 500 g/mol. The highest BCUT2D eigenvalue weighted by molar-refractivity contribution is 5.95. The molecule has 41 heavy (non-hydrogen) atoms. The zero-order valence-electron chi connectivity index (χ0n) is 22.6. The van der Waals surface area contributed by atoms with Crippen LogP contribution in [0.4, 0.5) is 0 Å². The standard InChI is InChI=1S/C37H26N4/c1-25-24-32-14-8-9-15-33(32)34(38-25)28-20-16-26(17-21-28)27-18-22-31(23-19-27)37-40-35(29-10-4-2-5-11-29)39-36(41-37)30-12-6-3-7-13-30/h2-24H,1H3. The average molecular weight is 527 g/mol. The first-order valence-electron chi connectivity index (χ1n) is 13.7. The number of hydrogen-bond acceptors (Lipinski definition) is 4. The second-order valence-corrected chi connectivity index (χ2v) is 10.0. The number of fused-ring (bicyclic) bond motifs is 1. The van der Waals surface area contributed by atoms with E-state index < -0.39 is 0 Å². The number of nitrogens with zero attached hydrogens (tertiary/aromatic N) is 4. The van der Waals surface area contributed by atoms with Crippen LogP contribution in [-0.2, 0) is 0 Å². The van der Waals surface area contributed by atoms with Gasteiger partial charge in [0.2, 0.25) is 0 Å². The van der Waals surface area contributed by atoms with E-state index in [1.54, 1.807) is 0 Å². The SMILES string of the molecule is Cc1cc2ccccc2c(-c2ccc(-c3ccc(-c4nc(-c5ccccc5)nc(-c5ccccc5)n4)cc3)cc2)n1. The molecule has 7 aromatic rings. The molecule has 0 atom stereocenters. The third kappa shape index (κ3) is 4.99. The Hall–Kier alpha value is -5.48.